The fraction of sp³-hybridized carbons (Fsp3) is 0.0667. The number of hydrogen-bond acceptors (Lipinski definition) is 3. The van der Waals surface area contributed by atoms with Crippen molar-refractivity contribution < 1.29 is 14.7 Å². The molecule has 0 amide bonds. The van der Waals surface area contributed by atoms with Crippen LogP contribution in [0.15, 0.2) is 53.0 Å². The van der Waals surface area contributed by atoms with Crippen molar-refractivity contribution in [1.82, 2.24) is 0 Å². The van der Waals surface area contributed by atoms with Gasteiger partial charge in [0.1, 0.15) is 0 Å². The SMILES string of the molecule is CC(=O)O.Nc1ccccc1C(=O)c1ccc(Br)cc1. The van der Waals surface area contributed by atoms with E-state index < -0.39 is 5.97 Å². The molecule has 2 aromatic rings. The lowest BCUT2D eigenvalue weighted by Gasteiger charge is -2.04. The van der Waals surface area contributed by atoms with Crippen LogP contribution in [0.2, 0.25) is 0 Å². The number of carbonyl (C=O) groups excluding carboxylic acids is 1. The molecule has 0 aliphatic rings. The molecule has 3 N–H and O–H groups in total. The van der Waals surface area contributed by atoms with Crippen LogP contribution in [0.3, 0.4) is 0 Å². The highest BCUT2D eigenvalue weighted by molar-refractivity contribution is 9.10. The number of nitrogen functional groups attached to an aromatic ring is 1. The molecule has 104 valence electrons. The van der Waals surface area contributed by atoms with Gasteiger partial charge >= 0.3 is 0 Å². The van der Waals surface area contributed by atoms with Gasteiger partial charge in [-0.15, -0.1) is 0 Å². The fourth-order valence-electron chi connectivity index (χ4n) is 1.46. The van der Waals surface area contributed by atoms with Crippen molar-refractivity contribution in [1.29, 1.82) is 0 Å². The lowest BCUT2D eigenvalue weighted by atomic mass is 10.0. The molecule has 0 atom stereocenters. The number of ketones is 1. The molecule has 5 heteroatoms. The topological polar surface area (TPSA) is 80.4 Å². The first-order valence-corrected chi connectivity index (χ1v) is 6.55. The predicted octanol–water partition coefficient (Wildman–Crippen LogP) is 3.35. The summed E-state index contributed by atoms with van der Waals surface area (Å²) in [6, 6.07) is 14.3. The minimum Gasteiger partial charge on any atom is -0.481 e. The van der Waals surface area contributed by atoms with E-state index in [1.54, 1.807) is 24.3 Å². The number of anilines is 1. The van der Waals surface area contributed by atoms with Gasteiger partial charge in [0.25, 0.3) is 5.97 Å². The quantitative estimate of drug-likeness (QED) is 0.651. The Morgan fingerprint density at radius 2 is 1.55 bits per heavy atom. The number of aliphatic carboxylic acids is 1. The zero-order valence-corrected chi connectivity index (χ0v) is 12.4. The minimum absolute atomic E-state index is 0.0504. The summed E-state index contributed by atoms with van der Waals surface area (Å²) in [6.07, 6.45) is 0. The molecule has 0 radical (unpaired) electrons. The standard InChI is InChI=1S/C13H10BrNO.C2H4O2/c14-10-7-5-9(6-8-10)13(16)11-3-1-2-4-12(11)15;1-2(3)4/h1-8H,15H2;1H3,(H,3,4). The highest BCUT2D eigenvalue weighted by Gasteiger charge is 2.10. The summed E-state index contributed by atoms with van der Waals surface area (Å²) in [5.74, 6) is -0.884. The van der Waals surface area contributed by atoms with E-state index in [0.29, 0.717) is 16.8 Å². The van der Waals surface area contributed by atoms with E-state index in [9.17, 15) is 4.79 Å². The van der Waals surface area contributed by atoms with E-state index in [0.717, 1.165) is 11.4 Å². The molecule has 0 bridgehead atoms. The van der Waals surface area contributed by atoms with Crippen molar-refractivity contribution in [2.24, 2.45) is 0 Å². The normalized spacial score (nSPS) is 9.30. The molecule has 0 saturated heterocycles. The largest absolute Gasteiger partial charge is 0.481 e. The average molecular weight is 336 g/mol. The first kappa shape index (κ1) is 15.9. The maximum Gasteiger partial charge on any atom is 0.300 e. The van der Waals surface area contributed by atoms with E-state index in [1.807, 2.05) is 24.3 Å². The number of rotatable bonds is 2. The molecule has 0 aliphatic carbocycles. The molecule has 0 fully saturated rings. The van der Waals surface area contributed by atoms with Crippen molar-refractivity contribution in [3.63, 3.8) is 0 Å². The second-order valence-corrected chi connectivity index (χ2v) is 4.86. The van der Waals surface area contributed by atoms with E-state index in [1.165, 1.54) is 0 Å². The Bertz CT molecular complexity index is 605. The van der Waals surface area contributed by atoms with Gasteiger partial charge in [0.05, 0.1) is 0 Å². The van der Waals surface area contributed by atoms with Gasteiger partial charge in [-0.1, -0.05) is 28.1 Å². The molecule has 0 heterocycles. The average Bonchev–Trinajstić information content (AvgIpc) is 2.39. The smallest absolute Gasteiger partial charge is 0.300 e. The molecule has 0 aliphatic heterocycles. The van der Waals surface area contributed by atoms with Crippen LogP contribution in [0, 0.1) is 0 Å². The number of carboxylic acid groups (broad SMARTS) is 1. The van der Waals surface area contributed by atoms with Crippen molar-refractivity contribution in [3.8, 4) is 0 Å². The Labute approximate surface area is 125 Å². The van der Waals surface area contributed by atoms with E-state index in [4.69, 9.17) is 15.6 Å². The molecule has 0 unspecified atom stereocenters. The third kappa shape index (κ3) is 4.85. The van der Waals surface area contributed by atoms with Crippen LogP contribution in [0.5, 0.6) is 0 Å². The van der Waals surface area contributed by atoms with Crippen molar-refractivity contribution in [3.05, 3.63) is 64.1 Å². The van der Waals surface area contributed by atoms with E-state index >= 15 is 0 Å². The number of hydrogen-bond donors (Lipinski definition) is 2. The summed E-state index contributed by atoms with van der Waals surface area (Å²) < 4.78 is 0.949. The number of para-hydroxylation sites is 1. The van der Waals surface area contributed by atoms with Crippen LogP contribution in [0.25, 0.3) is 0 Å². The van der Waals surface area contributed by atoms with Crippen molar-refractivity contribution >= 4 is 33.4 Å². The van der Waals surface area contributed by atoms with Crippen molar-refractivity contribution in [2.75, 3.05) is 5.73 Å². The maximum atomic E-state index is 12.1. The van der Waals surface area contributed by atoms with Crippen LogP contribution < -0.4 is 5.73 Å². The predicted molar refractivity (Wildman–Crippen MR) is 81.7 cm³/mol. The maximum absolute atomic E-state index is 12.1. The molecule has 2 aromatic carbocycles. The Morgan fingerprint density at radius 1 is 1.05 bits per heavy atom. The summed E-state index contributed by atoms with van der Waals surface area (Å²) in [4.78, 5) is 21.1. The first-order chi connectivity index (χ1) is 9.41. The van der Waals surface area contributed by atoms with Gasteiger partial charge < -0.3 is 10.8 Å². The zero-order chi connectivity index (χ0) is 15.1. The van der Waals surface area contributed by atoms with Gasteiger partial charge in [-0.3, -0.25) is 9.59 Å². The molecule has 2 rings (SSSR count). The molecule has 0 aromatic heterocycles. The van der Waals surface area contributed by atoms with Gasteiger partial charge in [0.2, 0.25) is 0 Å². The second-order valence-electron chi connectivity index (χ2n) is 3.94. The number of halogens is 1. The van der Waals surface area contributed by atoms with Crippen LogP contribution >= 0.6 is 15.9 Å². The van der Waals surface area contributed by atoms with Crippen LogP contribution in [0.4, 0.5) is 5.69 Å². The Balaban J connectivity index is 0.000000444. The number of carboxylic acids is 1. The van der Waals surface area contributed by atoms with E-state index in [-0.39, 0.29) is 5.78 Å². The monoisotopic (exact) mass is 335 g/mol. The Morgan fingerprint density at radius 3 is 2.05 bits per heavy atom. The second kappa shape index (κ2) is 7.45. The van der Waals surface area contributed by atoms with Crippen LogP contribution in [-0.4, -0.2) is 16.9 Å². The Kier molecular flexibility index (Phi) is 5.93. The van der Waals surface area contributed by atoms with Crippen LogP contribution in [0.1, 0.15) is 22.8 Å². The Hall–Kier alpha value is -2.14. The van der Waals surface area contributed by atoms with E-state index in [2.05, 4.69) is 15.9 Å². The molecule has 4 nitrogen and oxygen atoms in total. The van der Waals surface area contributed by atoms with Gasteiger partial charge in [-0.05, 0) is 36.4 Å². The number of carbonyl (C=O) groups is 2. The van der Waals surface area contributed by atoms with Gasteiger partial charge in [0, 0.05) is 28.2 Å². The molecular formula is C15H14BrNO3. The first-order valence-electron chi connectivity index (χ1n) is 5.76. The number of nitrogens with two attached hydrogens (primary N) is 1. The number of benzene rings is 2. The molecule has 0 spiro atoms. The summed E-state index contributed by atoms with van der Waals surface area (Å²) in [5, 5.41) is 7.42. The summed E-state index contributed by atoms with van der Waals surface area (Å²) in [7, 11) is 0. The summed E-state index contributed by atoms with van der Waals surface area (Å²) in [6.45, 7) is 1.08. The van der Waals surface area contributed by atoms with Gasteiger partial charge in [-0.2, -0.15) is 0 Å². The highest BCUT2D eigenvalue weighted by Crippen LogP contribution is 2.18. The molecule has 20 heavy (non-hydrogen) atoms. The zero-order valence-electron chi connectivity index (χ0n) is 10.8. The lowest BCUT2D eigenvalue weighted by molar-refractivity contribution is -0.134. The molecule has 0 saturated carbocycles. The fourth-order valence-corrected chi connectivity index (χ4v) is 1.72. The highest BCUT2D eigenvalue weighted by atomic mass is 79.9. The minimum atomic E-state index is -0.833. The third-order valence-corrected chi connectivity index (χ3v) is 2.84. The van der Waals surface area contributed by atoms with Gasteiger partial charge in [0.15, 0.2) is 5.78 Å². The van der Waals surface area contributed by atoms with Gasteiger partial charge in [-0.25, -0.2) is 0 Å². The third-order valence-electron chi connectivity index (χ3n) is 2.31. The van der Waals surface area contributed by atoms with Crippen LogP contribution in [-0.2, 0) is 4.79 Å². The molecular weight excluding hydrogens is 322 g/mol. The van der Waals surface area contributed by atoms with Crippen molar-refractivity contribution in [2.45, 2.75) is 6.92 Å². The summed E-state index contributed by atoms with van der Waals surface area (Å²) >= 11 is 3.33. The summed E-state index contributed by atoms with van der Waals surface area (Å²) in [5.41, 5.74) is 7.45. The lowest BCUT2D eigenvalue weighted by Crippen LogP contribution is -2.04.